The van der Waals surface area contributed by atoms with Gasteiger partial charge in [-0.25, -0.2) is 4.79 Å². The second kappa shape index (κ2) is 8.58. The number of esters is 1. The molecule has 1 N–H and O–H groups in total. The van der Waals surface area contributed by atoms with Crippen molar-refractivity contribution in [2.75, 3.05) is 33.3 Å². The highest BCUT2D eigenvalue weighted by Crippen LogP contribution is 2.27. The summed E-state index contributed by atoms with van der Waals surface area (Å²) in [5, 5.41) is 2.62. The van der Waals surface area contributed by atoms with E-state index in [-0.39, 0.29) is 5.56 Å². The van der Waals surface area contributed by atoms with Crippen LogP contribution in [0.25, 0.3) is 0 Å². The standard InChI is InChI=1S/C18H19NO6/c1-22-14-6-4-5-13(10-14)19-17(20)11-25-18(21)12-7-8-15(23-2)16(9-12)24-3/h4-10H,11H2,1-3H3,(H,19,20). The Morgan fingerprint density at radius 1 is 0.920 bits per heavy atom. The predicted octanol–water partition coefficient (Wildman–Crippen LogP) is 2.51. The van der Waals surface area contributed by atoms with E-state index in [0.717, 1.165) is 0 Å². The molecule has 0 spiro atoms. The number of methoxy groups -OCH3 is 3. The van der Waals surface area contributed by atoms with Crippen molar-refractivity contribution in [2.24, 2.45) is 0 Å². The maximum absolute atomic E-state index is 12.1. The quantitative estimate of drug-likeness (QED) is 0.777. The molecule has 0 saturated carbocycles. The Labute approximate surface area is 145 Å². The van der Waals surface area contributed by atoms with Crippen LogP contribution in [-0.4, -0.2) is 39.8 Å². The van der Waals surface area contributed by atoms with E-state index in [0.29, 0.717) is 22.9 Å². The lowest BCUT2D eigenvalue weighted by molar-refractivity contribution is -0.119. The third kappa shape index (κ3) is 4.87. The molecule has 0 atom stereocenters. The fraction of sp³-hybridized carbons (Fsp3) is 0.222. The van der Waals surface area contributed by atoms with Crippen LogP contribution in [0, 0.1) is 0 Å². The van der Waals surface area contributed by atoms with Crippen molar-refractivity contribution in [3.05, 3.63) is 48.0 Å². The summed E-state index contributed by atoms with van der Waals surface area (Å²) in [4.78, 5) is 23.9. The molecular formula is C18H19NO6. The average Bonchev–Trinajstić information content (AvgIpc) is 2.65. The summed E-state index contributed by atoms with van der Waals surface area (Å²) in [5.74, 6) is 0.413. The minimum Gasteiger partial charge on any atom is -0.497 e. The highest BCUT2D eigenvalue weighted by Gasteiger charge is 2.14. The number of carbonyl (C=O) groups is 2. The van der Waals surface area contributed by atoms with Crippen molar-refractivity contribution in [1.82, 2.24) is 0 Å². The Hall–Kier alpha value is -3.22. The van der Waals surface area contributed by atoms with Crippen LogP contribution in [0.1, 0.15) is 10.4 Å². The third-order valence-corrected chi connectivity index (χ3v) is 3.31. The van der Waals surface area contributed by atoms with Crippen molar-refractivity contribution < 1.29 is 28.5 Å². The first-order chi connectivity index (χ1) is 12.1. The number of anilines is 1. The molecule has 0 aliphatic carbocycles. The average molecular weight is 345 g/mol. The normalized spacial score (nSPS) is 9.88. The second-order valence-corrected chi connectivity index (χ2v) is 4.93. The van der Waals surface area contributed by atoms with Gasteiger partial charge >= 0.3 is 5.97 Å². The maximum atomic E-state index is 12.1. The van der Waals surface area contributed by atoms with E-state index in [1.165, 1.54) is 33.5 Å². The summed E-state index contributed by atoms with van der Waals surface area (Å²) in [6.45, 7) is -0.412. The van der Waals surface area contributed by atoms with Crippen molar-refractivity contribution in [3.63, 3.8) is 0 Å². The summed E-state index contributed by atoms with van der Waals surface area (Å²) < 4.78 is 20.3. The molecule has 0 unspecified atom stereocenters. The number of carbonyl (C=O) groups excluding carboxylic acids is 2. The molecule has 132 valence electrons. The summed E-state index contributed by atoms with van der Waals surface area (Å²) in [7, 11) is 4.50. The van der Waals surface area contributed by atoms with Gasteiger partial charge in [-0.1, -0.05) is 6.07 Å². The van der Waals surface area contributed by atoms with E-state index in [2.05, 4.69) is 5.32 Å². The highest BCUT2D eigenvalue weighted by atomic mass is 16.5. The summed E-state index contributed by atoms with van der Waals surface area (Å²) in [6.07, 6.45) is 0. The summed E-state index contributed by atoms with van der Waals surface area (Å²) >= 11 is 0. The molecule has 0 saturated heterocycles. The van der Waals surface area contributed by atoms with Crippen molar-refractivity contribution in [3.8, 4) is 17.2 Å². The molecule has 0 aliphatic heterocycles. The minimum absolute atomic E-state index is 0.256. The van der Waals surface area contributed by atoms with Crippen LogP contribution in [0.15, 0.2) is 42.5 Å². The predicted molar refractivity (Wildman–Crippen MR) is 91.5 cm³/mol. The van der Waals surface area contributed by atoms with Gasteiger partial charge in [-0.3, -0.25) is 4.79 Å². The van der Waals surface area contributed by atoms with E-state index in [4.69, 9.17) is 18.9 Å². The minimum atomic E-state index is -0.637. The molecule has 2 rings (SSSR count). The van der Waals surface area contributed by atoms with Crippen LogP contribution in [0.2, 0.25) is 0 Å². The van der Waals surface area contributed by atoms with E-state index < -0.39 is 18.5 Å². The van der Waals surface area contributed by atoms with Crippen LogP contribution in [0.5, 0.6) is 17.2 Å². The molecular weight excluding hydrogens is 326 g/mol. The van der Waals surface area contributed by atoms with Crippen LogP contribution >= 0.6 is 0 Å². The Bertz CT molecular complexity index is 759. The lowest BCUT2D eigenvalue weighted by atomic mass is 10.2. The number of rotatable bonds is 7. The highest BCUT2D eigenvalue weighted by molar-refractivity contribution is 5.95. The zero-order chi connectivity index (χ0) is 18.2. The van der Waals surface area contributed by atoms with Gasteiger partial charge in [-0.05, 0) is 30.3 Å². The fourth-order valence-electron chi connectivity index (χ4n) is 2.08. The Kier molecular flexibility index (Phi) is 6.22. The van der Waals surface area contributed by atoms with E-state index in [1.54, 1.807) is 30.3 Å². The lowest BCUT2D eigenvalue weighted by Crippen LogP contribution is -2.21. The fourth-order valence-corrected chi connectivity index (χ4v) is 2.08. The Morgan fingerprint density at radius 3 is 2.36 bits per heavy atom. The van der Waals surface area contributed by atoms with Gasteiger partial charge in [0.25, 0.3) is 5.91 Å². The number of ether oxygens (including phenoxy) is 4. The topological polar surface area (TPSA) is 83.1 Å². The summed E-state index contributed by atoms with van der Waals surface area (Å²) in [6, 6.07) is 11.5. The van der Waals surface area contributed by atoms with Gasteiger partial charge in [-0.15, -0.1) is 0 Å². The van der Waals surface area contributed by atoms with E-state index in [1.807, 2.05) is 0 Å². The molecule has 1 amide bonds. The largest absolute Gasteiger partial charge is 0.497 e. The molecule has 25 heavy (non-hydrogen) atoms. The third-order valence-electron chi connectivity index (χ3n) is 3.31. The van der Waals surface area contributed by atoms with Gasteiger partial charge in [0.15, 0.2) is 18.1 Å². The number of benzene rings is 2. The van der Waals surface area contributed by atoms with Crippen LogP contribution in [0.4, 0.5) is 5.69 Å². The van der Waals surface area contributed by atoms with E-state index >= 15 is 0 Å². The first-order valence-electron chi connectivity index (χ1n) is 7.40. The van der Waals surface area contributed by atoms with Gasteiger partial charge in [0.05, 0.1) is 26.9 Å². The zero-order valence-corrected chi connectivity index (χ0v) is 14.2. The molecule has 0 heterocycles. The van der Waals surface area contributed by atoms with Gasteiger partial charge in [0.2, 0.25) is 0 Å². The number of amides is 1. The van der Waals surface area contributed by atoms with Crippen molar-refractivity contribution in [2.45, 2.75) is 0 Å². The molecule has 0 aliphatic rings. The number of nitrogens with one attached hydrogen (secondary N) is 1. The van der Waals surface area contributed by atoms with E-state index in [9.17, 15) is 9.59 Å². The Balaban J connectivity index is 1.93. The SMILES string of the molecule is COc1cccc(NC(=O)COC(=O)c2ccc(OC)c(OC)c2)c1. The lowest BCUT2D eigenvalue weighted by Gasteiger charge is -2.10. The maximum Gasteiger partial charge on any atom is 0.338 e. The van der Waals surface area contributed by atoms with Gasteiger partial charge in [0, 0.05) is 11.8 Å². The number of hydrogen-bond donors (Lipinski definition) is 1. The molecule has 2 aromatic carbocycles. The number of hydrogen-bond acceptors (Lipinski definition) is 6. The van der Waals surface area contributed by atoms with Crippen LogP contribution in [-0.2, 0) is 9.53 Å². The van der Waals surface area contributed by atoms with Gasteiger partial charge in [0.1, 0.15) is 5.75 Å². The zero-order valence-electron chi connectivity index (χ0n) is 14.2. The smallest absolute Gasteiger partial charge is 0.338 e. The first-order valence-corrected chi connectivity index (χ1v) is 7.40. The van der Waals surface area contributed by atoms with Crippen molar-refractivity contribution >= 4 is 17.6 Å². The summed E-state index contributed by atoms with van der Waals surface area (Å²) in [5.41, 5.74) is 0.804. The molecule has 0 fully saturated rings. The molecule has 7 heteroatoms. The van der Waals surface area contributed by atoms with Crippen LogP contribution in [0.3, 0.4) is 0 Å². The van der Waals surface area contributed by atoms with Gasteiger partial charge in [-0.2, -0.15) is 0 Å². The van der Waals surface area contributed by atoms with Gasteiger partial charge < -0.3 is 24.3 Å². The molecule has 7 nitrogen and oxygen atoms in total. The first kappa shape index (κ1) is 18.1. The second-order valence-electron chi connectivity index (χ2n) is 4.93. The Morgan fingerprint density at radius 2 is 1.68 bits per heavy atom. The molecule has 0 radical (unpaired) electrons. The molecule has 2 aromatic rings. The monoisotopic (exact) mass is 345 g/mol. The van der Waals surface area contributed by atoms with Crippen LogP contribution < -0.4 is 19.5 Å². The van der Waals surface area contributed by atoms with Crippen molar-refractivity contribution in [1.29, 1.82) is 0 Å². The molecule has 0 bridgehead atoms. The molecule has 0 aromatic heterocycles.